The van der Waals surface area contributed by atoms with Crippen LogP contribution in [0.15, 0.2) is 30.3 Å². The van der Waals surface area contributed by atoms with Crippen molar-refractivity contribution in [1.29, 1.82) is 0 Å². The molecule has 2 heterocycles. The van der Waals surface area contributed by atoms with Gasteiger partial charge in [0, 0.05) is 44.3 Å². The van der Waals surface area contributed by atoms with Gasteiger partial charge < -0.3 is 14.7 Å². The van der Waals surface area contributed by atoms with Gasteiger partial charge in [0.25, 0.3) is 11.6 Å². The van der Waals surface area contributed by atoms with Gasteiger partial charge in [-0.25, -0.2) is 4.39 Å². The number of piperidine rings is 1. The fourth-order valence-electron chi connectivity index (χ4n) is 4.30. The van der Waals surface area contributed by atoms with Crippen LogP contribution in [0.1, 0.15) is 29.6 Å². The summed E-state index contributed by atoms with van der Waals surface area (Å²) >= 11 is 12.1. The van der Waals surface area contributed by atoms with Gasteiger partial charge in [0.05, 0.1) is 27.3 Å². The molecular formula is C22H23Cl2FN4O3. The van der Waals surface area contributed by atoms with Crippen molar-refractivity contribution in [2.75, 3.05) is 49.1 Å². The molecule has 2 aromatic rings. The Kier molecular flexibility index (Phi) is 6.71. The van der Waals surface area contributed by atoms with E-state index in [9.17, 15) is 19.3 Å². The number of amides is 1. The standard InChI is InChI=1S/C22H23Cl2FN4O3/c23-15-4-5-16(17(24)12-15)22(30)28-10-8-27(9-11-28)20-14-19(26-6-2-1-3-7-26)18(25)13-21(20)29(31)32/h4-5,12-14H,1-3,6-11H2. The second-order valence-electron chi connectivity index (χ2n) is 8.00. The van der Waals surface area contributed by atoms with Gasteiger partial charge in [-0.2, -0.15) is 0 Å². The normalized spacial score (nSPS) is 16.9. The SMILES string of the molecule is O=C(c1ccc(Cl)cc1Cl)N1CCN(c2cc(N3CCCCC3)c(F)cc2[N+](=O)[O-])CC1. The first kappa shape index (κ1) is 22.6. The third-order valence-corrected chi connectivity index (χ3v) is 6.55. The average Bonchev–Trinajstić information content (AvgIpc) is 2.79. The zero-order valence-corrected chi connectivity index (χ0v) is 18.9. The number of hydrogen-bond acceptors (Lipinski definition) is 5. The summed E-state index contributed by atoms with van der Waals surface area (Å²) in [6.45, 7) is 2.99. The summed E-state index contributed by atoms with van der Waals surface area (Å²) in [4.78, 5) is 29.4. The monoisotopic (exact) mass is 480 g/mol. The van der Waals surface area contributed by atoms with Crippen LogP contribution in [-0.2, 0) is 0 Å². The first-order valence-corrected chi connectivity index (χ1v) is 11.3. The molecule has 2 saturated heterocycles. The molecule has 0 unspecified atom stereocenters. The Hall–Kier alpha value is -2.58. The lowest BCUT2D eigenvalue weighted by molar-refractivity contribution is -0.384. The fraction of sp³-hybridized carbons (Fsp3) is 0.409. The molecule has 0 aromatic heterocycles. The largest absolute Gasteiger partial charge is 0.369 e. The van der Waals surface area contributed by atoms with Crippen LogP contribution in [0.4, 0.5) is 21.5 Å². The topological polar surface area (TPSA) is 69.9 Å². The summed E-state index contributed by atoms with van der Waals surface area (Å²) in [7, 11) is 0. The molecule has 0 spiro atoms. The van der Waals surface area contributed by atoms with E-state index in [1.807, 2.05) is 9.80 Å². The number of rotatable bonds is 4. The summed E-state index contributed by atoms with van der Waals surface area (Å²) in [5.41, 5.74) is 0.888. The van der Waals surface area contributed by atoms with E-state index < -0.39 is 10.7 Å². The van der Waals surface area contributed by atoms with Crippen molar-refractivity contribution in [2.24, 2.45) is 0 Å². The van der Waals surface area contributed by atoms with Gasteiger partial charge in [-0.15, -0.1) is 0 Å². The number of carbonyl (C=O) groups excluding carboxylic acids is 1. The summed E-state index contributed by atoms with van der Waals surface area (Å²) in [5.74, 6) is -0.789. The zero-order chi connectivity index (χ0) is 22.8. The minimum absolute atomic E-state index is 0.214. The first-order valence-electron chi connectivity index (χ1n) is 10.6. The number of benzene rings is 2. The maximum Gasteiger partial charge on any atom is 0.295 e. The van der Waals surface area contributed by atoms with Gasteiger partial charge in [0.2, 0.25) is 0 Å². The molecule has 0 bridgehead atoms. The Labute approximate surface area is 195 Å². The minimum atomic E-state index is -0.575. The molecule has 2 aromatic carbocycles. The van der Waals surface area contributed by atoms with E-state index in [2.05, 4.69) is 0 Å². The predicted molar refractivity (Wildman–Crippen MR) is 124 cm³/mol. The molecule has 32 heavy (non-hydrogen) atoms. The first-order chi connectivity index (χ1) is 15.3. The third-order valence-electron chi connectivity index (χ3n) is 6.01. The average molecular weight is 481 g/mol. The van der Waals surface area contributed by atoms with Crippen LogP contribution in [0.3, 0.4) is 0 Å². The van der Waals surface area contributed by atoms with E-state index in [1.165, 1.54) is 6.07 Å². The summed E-state index contributed by atoms with van der Waals surface area (Å²) in [5, 5.41) is 12.4. The lowest BCUT2D eigenvalue weighted by Crippen LogP contribution is -2.49. The molecule has 4 rings (SSSR count). The van der Waals surface area contributed by atoms with Crippen LogP contribution in [-0.4, -0.2) is 55.0 Å². The highest BCUT2D eigenvalue weighted by atomic mass is 35.5. The van der Waals surface area contributed by atoms with E-state index >= 15 is 0 Å². The van der Waals surface area contributed by atoms with E-state index in [1.54, 1.807) is 23.1 Å². The minimum Gasteiger partial charge on any atom is -0.369 e. The quantitative estimate of drug-likeness (QED) is 0.455. The van der Waals surface area contributed by atoms with Gasteiger partial charge >= 0.3 is 0 Å². The van der Waals surface area contributed by atoms with Crippen molar-refractivity contribution in [2.45, 2.75) is 19.3 Å². The van der Waals surface area contributed by atoms with E-state index in [-0.39, 0.29) is 16.6 Å². The summed E-state index contributed by atoms with van der Waals surface area (Å²) in [6.07, 6.45) is 3.05. The maximum atomic E-state index is 14.7. The number of anilines is 2. The Bertz CT molecular complexity index is 1040. The molecule has 0 atom stereocenters. The van der Waals surface area contributed by atoms with Crippen molar-refractivity contribution in [3.63, 3.8) is 0 Å². The highest BCUT2D eigenvalue weighted by Crippen LogP contribution is 2.36. The molecule has 2 fully saturated rings. The number of nitro benzene ring substituents is 1. The summed E-state index contributed by atoms with van der Waals surface area (Å²) < 4.78 is 14.7. The van der Waals surface area contributed by atoms with E-state index in [4.69, 9.17) is 23.2 Å². The lowest BCUT2D eigenvalue weighted by Gasteiger charge is -2.36. The lowest BCUT2D eigenvalue weighted by atomic mass is 10.1. The van der Waals surface area contributed by atoms with Crippen LogP contribution in [0, 0.1) is 15.9 Å². The Morgan fingerprint density at radius 1 is 0.906 bits per heavy atom. The molecule has 170 valence electrons. The number of piperazine rings is 1. The van der Waals surface area contributed by atoms with Crippen LogP contribution >= 0.6 is 23.2 Å². The second kappa shape index (κ2) is 9.50. The highest BCUT2D eigenvalue weighted by molar-refractivity contribution is 6.36. The number of hydrogen-bond donors (Lipinski definition) is 0. The highest BCUT2D eigenvalue weighted by Gasteiger charge is 2.29. The van der Waals surface area contributed by atoms with Gasteiger partial charge in [-0.1, -0.05) is 23.2 Å². The number of nitrogens with zero attached hydrogens (tertiary/aromatic N) is 4. The molecular weight excluding hydrogens is 458 g/mol. The number of halogens is 3. The van der Waals surface area contributed by atoms with Crippen molar-refractivity contribution in [1.82, 2.24) is 4.90 Å². The van der Waals surface area contributed by atoms with Crippen molar-refractivity contribution in [3.8, 4) is 0 Å². The van der Waals surface area contributed by atoms with Crippen LogP contribution in [0.2, 0.25) is 10.0 Å². The molecule has 0 saturated carbocycles. The van der Waals surface area contributed by atoms with Crippen LogP contribution < -0.4 is 9.80 Å². The van der Waals surface area contributed by atoms with E-state index in [0.29, 0.717) is 48.1 Å². The molecule has 2 aliphatic rings. The van der Waals surface area contributed by atoms with Crippen LogP contribution in [0.25, 0.3) is 0 Å². The van der Waals surface area contributed by atoms with Crippen molar-refractivity contribution < 1.29 is 14.1 Å². The molecule has 1 amide bonds. The van der Waals surface area contributed by atoms with Crippen LogP contribution in [0.5, 0.6) is 0 Å². The Morgan fingerprint density at radius 3 is 2.19 bits per heavy atom. The molecule has 0 radical (unpaired) electrons. The van der Waals surface area contributed by atoms with E-state index in [0.717, 1.165) is 38.4 Å². The smallest absolute Gasteiger partial charge is 0.295 e. The molecule has 7 nitrogen and oxygen atoms in total. The van der Waals surface area contributed by atoms with Gasteiger partial charge in [-0.3, -0.25) is 14.9 Å². The number of carbonyl (C=O) groups is 1. The molecule has 2 aliphatic heterocycles. The van der Waals surface area contributed by atoms with Crippen molar-refractivity contribution >= 4 is 46.2 Å². The predicted octanol–water partition coefficient (Wildman–Crippen LogP) is 4.99. The number of nitro groups is 1. The van der Waals surface area contributed by atoms with Gasteiger partial charge in [-0.05, 0) is 43.5 Å². The van der Waals surface area contributed by atoms with Gasteiger partial charge in [0.1, 0.15) is 5.69 Å². The molecule has 0 aliphatic carbocycles. The maximum absolute atomic E-state index is 14.7. The van der Waals surface area contributed by atoms with Crippen molar-refractivity contribution in [3.05, 3.63) is 61.9 Å². The molecule has 10 heteroatoms. The molecule has 0 N–H and O–H groups in total. The zero-order valence-electron chi connectivity index (χ0n) is 17.4. The Morgan fingerprint density at radius 2 is 1.56 bits per heavy atom. The second-order valence-corrected chi connectivity index (χ2v) is 8.84. The van der Waals surface area contributed by atoms with Gasteiger partial charge in [0.15, 0.2) is 5.82 Å². The third kappa shape index (κ3) is 4.61. The fourth-order valence-corrected chi connectivity index (χ4v) is 4.79. The summed E-state index contributed by atoms with van der Waals surface area (Å²) in [6, 6.07) is 7.34. The Balaban J connectivity index is 1.54.